The van der Waals surface area contributed by atoms with E-state index in [9.17, 15) is 28.2 Å². The molecule has 6 rings (SSSR count). The lowest BCUT2D eigenvalue weighted by Crippen LogP contribution is -2.62. The van der Waals surface area contributed by atoms with Crippen LogP contribution < -0.4 is 10.1 Å². The highest BCUT2D eigenvalue weighted by atomic mass is 19.4. The molecule has 2 aromatic rings. The van der Waals surface area contributed by atoms with Crippen LogP contribution in [-0.4, -0.2) is 59.2 Å². The third-order valence-corrected chi connectivity index (χ3v) is 10.2. The van der Waals surface area contributed by atoms with Gasteiger partial charge in [-0.25, -0.2) is 0 Å². The minimum atomic E-state index is -4.49. The molecule has 0 spiro atoms. The Labute approximate surface area is 245 Å². The van der Waals surface area contributed by atoms with E-state index in [1.54, 1.807) is 31.2 Å². The molecule has 1 aliphatic heterocycles. The van der Waals surface area contributed by atoms with Crippen LogP contribution in [0.15, 0.2) is 42.5 Å². The number of halogens is 3. The highest BCUT2D eigenvalue weighted by Crippen LogP contribution is 2.61. The van der Waals surface area contributed by atoms with Crippen LogP contribution >= 0.6 is 0 Å². The Morgan fingerprint density at radius 3 is 2.52 bits per heavy atom. The maximum atomic E-state index is 13.9. The van der Waals surface area contributed by atoms with E-state index in [0.717, 1.165) is 18.6 Å². The van der Waals surface area contributed by atoms with E-state index in [1.165, 1.54) is 24.7 Å². The second kappa shape index (κ2) is 11.4. The molecule has 10 heteroatoms. The molecule has 7 nitrogen and oxygen atoms in total. The fourth-order valence-corrected chi connectivity index (χ4v) is 7.69. The molecule has 8 atom stereocenters. The molecule has 1 heterocycles. The summed E-state index contributed by atoms with van der Waals surface area (Å²) < 4.78 is 46.0. The first kappa shape index (κ1) is 30.8. The topological polar surface area (TPSA) is 91.3 Å². The van der Waals surface area contributed by atoms with Crippen molar-refractivity contribution in [3.63, 3.8) is 0 Å². The van der Waals surface area contributed by atoms with Crippen molar-refractivity contribution in [1.82, 2.24) is 10.4 Å². The molecule has 3 aliphatic carbocycles. The van der Waals surface area contributed by atoms with Gasteiger partial charge in [0.2, 0.25) is 5.91 Å². The maximum Gasteiger partial charge on any atom is 0.416 e. The Bertz CT molecular complexity index is 1300. The summed E-state index contributed by atoms with van der Waals surface area (Å²) in [4.78, 5) is 20.0. The number of rotatable bonds is 8. The van der Waals surface area contributed by atoms with Crippen molar-refractivity contribution in [3.8, 4) is 16.9 Å². The fourth-order valence-electron chi connectivity index (χ4n) is 7.69. The van der Waals surface area contributed by atoms with Gasteiger partial charge in [-0.05, 0) is 60.6 Å². The first-order valence-corrected chi connectivity index (χ1v) is 14.6. The zero-order valence-corrected chi connectivity index (χ0v) is 24.7. The van der Waals surface area contributed by atoms with Crippen LogP contribution in [0.3, 0.4) is 0 Å². The predicted octanol–water partition coefficient (Wildman–Crippen LogP) is 5.04. The van der Waals surface area contributed by atoms with E-state index >= 15 is 0 Å². The lowest BCUT2D eigenvalue weighted by atomic mass is 9.45. The van der Waals surface area contributed by atoms with Gasteiger partial charge in [0, 0.05) is 23.1 Å². The monoisotopic (exact) mass is 590 g/mol. The Balaban J connectivity index is 1.43. The lowest BCUT2D eigenvalue weighted by molar-refractivity contribution is -0.183. The number of hydroxylamine groups is 2. The predicted molar refractivity (Wildman–Crippen MR) is 151 cm³/mol. The molecule has 3 saturated carbocycles. The molecular weight excluding hydrogens is 549 g/mol. The minimum absolute atomic E-state index is 0.00211. The van der Waals surface area contributed by atoms with E-state index in [0.29, 0.717) is 40.2 Å². The number of alkyl halides is 3. The van der Waals surface area contributed by atoms with Crippen LogP contribution in [0.5, 0.6) is 5.75 Å². The number of fused-ring (bicyclic) bond motifs is 2. The van der Waals surface area contributed by atoms with E-state index < -0.39 is 42.5 Å². The van der Waals surface area contributed by atoms with Crippen LogP contribution in [0.2, 0.25) is 0 Å². The van der Waals surface area contributed by atoms with Crippen molar-refractivity contribution < 1.29 is 37.8 Å². The van der Waals surface area contributed by atoms with Gasteiger partial charge in [0.1, 0.15) is 17.9 Å². The van der Waals surface area contributed by atoms with Gasteiger partial charge >= 0.3 is 6.18 Å². The molecule has 0 radical (unpaired) electrons. The number of hydrogen-bond acceptors (Lipinski definition) is 6. The van der Waals surface area contributed by atoms with Crippen molar-refractivity contribution in [2.24, 2.45) is 29.1 Å². The number of nitrogens with one attached hydrogen (secondary N) is 1. The maximum absolute atomic E-state index is 13.9. The number of ether oxygens (including phenoxy) is 1. The summed E-state index contributed by atoms with van der Waals surface area (Å²) in [6.45, 7) is 8.01. The van der Waals surface area contributed by atoms with Gasteiger partial charge in [0.15, 0.2) is 0 Å². The molecule has 4 fully saturated rings. The number of aliphatic hydroxyl groups is 2. The number of nitrogens with zero attached hydrogens (tertiary/aromatic N) is 1. The number of hydrogen-bond donors (Lipinski definition) is 3. The van der Waals surface area contributed by atoms with E-state index in [2.05, 4.69) is 26.1 Å². The van der Waals surface area contributed by atoms with Crippen molar-refractivity contribution in [1.29, 1.82) is 0 Å². The SMILES string of the molecule is COc1c(CN2O[C@@H](CO)[C@H]([C@H](C)O)[C@H]2C(=O)N[C@H]2C[C@H]3C[C@@H]([C@@H]2C)C3(C)C)cccc1-c1cccc(C(F)(F)F)c1. The van der Waals surface area contributed by atoms with Gasteiger partial charge < -0.3 is 20.3 Å². The highest BCUT2D eigenvalue weighted by molar-refractivity contribution is 5.83. The highest BCUT2D eigenvalue weighted by Gasteiger charge is 2.57. The number of aliphatic hydroxyl groups excluding tert-OH is 2. The van der Waals surface area contributed by atoms with Crippen LogP contribution in [0.4, 0.5) is 13.2 Å². The van der Waals surface area contributed by atoms with Crippen molar-refractivity contribution >= 4 is 5.91 Å². The summed E-state index contributed by atoms with van der Waals surface area (Å²) in [7, 11) is 1.44. The first-order valence-electron chi connectivity index (χ1n) is 14.6. The second-order valence-corrected chi connectivity index (χ2v) is 12.8. The summed E-state index contributed by atoms with van der Waals surface area (Å²) in [5, 5.41) is 25.5. The summed E-state index contributed by atoms with van der Waals surface area (Å²) in [5.41, 5.74) is 0.875. The van der Waals surface area contributed by atoms with Crippen LogP contribution in [0.25, 0.3) is 11.1 Å². The normalized spacial score (nSPS) is 31.3. The van der Waals surface area contributed by atoms with Crippen molar-refractivity contribution in [3.05, 3.63) is 53.6 Å². The zero-order chi connectivity index (χ0) is 30.6. The molecule has 2 bridgehead atoms. The number of methoxy groups -OCH3 is 1. The molecular formula is C32H41F3N2O5. The fraction of sp³-hybridized carbons (Fsp3) is 0.594. The molecule has 0 aromatic heterocycles. The number of carbonyl (C=O) groups excluding carboxylic acids is 1. The lowest BCUT2D eigenvalue weighted by Gasteiger charge is -2.62. The van der Waals surface area contributed by atoms with Gasteiger partial charge in [-0.3, -0.25) is 9.63 Å². The average molecular weight is 591 g/mol. The molecule has 1 amide bonds. The number of para-hydroxylation sites is 1. The Kier molecular flexibility index (Phi) is 8.39. The number of benzene rings is 2. The number of carbonyl (C=O) groups is 1. The smallest absolute Gasteiger partial charge is 0.416 e. The molecule has 3 N–H and O–H groups in total. The Hall–Kier alpha value is -2.66. The van der Waals surface area contributed by atoms with Crippen LogP contribution in [0, 0.1) is 29.1 Å². The molecule has 4 aliphatic rings. The molecule has 230 valence electrons. The quantitative estimate of drug-likeness (QED) is 0.399. The number of amides is 1. The van der Waals surface area contributed by atoms with Crippen LogP contribution in [-0.2, 0) is 22.4 Å². The first-order chi connectivity index (χ1) is 19.8. The standard InChI is InChI=1S/C32H41F3N2O5/c1-17-24-13-22(31(24,3)4)14-25(17)36-30(40)28-27(18(2)39)26(16-38)42-37(28)15-20-9-7-11-23(29(20)41-5)19-8-6-10-21(12-19)32(33,34)35/h6-12,17-18,22,24-28,38-39H,13-16H2,1-5H3,(H,36,40)/t17-,18-,22+,24-,25-,26-,27-,28-/m0/s1. The third-order valence-electron chi connectivity index (χ3n) is 10.2. The molecule has 2 aromatic carbocycles. The van der Waals surface area contributed by atoms with Gasteiger partial charge in [-0.1, -0.05) is 51.1 Å². The van der Waals surface area contributed by atoms with Gasteiger partial charge in [-0.2, -0.15) is 18.2 Å². The molecule has 0 unspecified atom stereocenters. The second-order valence-electron chi connectivity index (χ2n) is 12.8. The third kappa shape index (κ3) is 5.42. The Morgan fingerprint density at radius 1 is 1.21 bits per heavy atom. The van der Waals surface area contributed by atoms with E-state index in [1.807, 2.05) is 0 Å². The van der Waals surface area contributed by atoms with Gasteiger partial charge in [0.25, 0.3) is 0 Å². The molecule has 1 saturated heterocycles. The minimum Gasteiger partial charge on any atom is -0.496 e. The van der Waals surface area contributed by atoms with Crippen molar-refractivity contribution in [2.75, 3.05) is 13.7 Å². The largest absolute Gasteiger partial charge is 0.496 e. The van der Waals surface area contributed by atoms with E-state index in [4.69, 9.17) is 9.57 Å². The zero-order valence-electron chi connectivity index (χ0n) is 24.7. The summed E-state index contributed by atoms with van der Waals surface area (Å²) in [5.74, 6) is 0.744. The summed E-state index contributed by atoms with van der Waals surface area (Å²) in [6, 6.07) is 9.28. The Morgan fingerprint density at radius 2 is 1.93 bits per heavy atom. The molecule has 42 heavy (non-hydrogen) atoms. The van der Waals surface area contributed by atoms with E-state index in [-0.39, 0.29) is 23.9 Å². The van der Waals surface area contributed by atoms with Gasteiger partial charge in [-0.15, -0.1) is 0 Å². The summed E-state index contributed by atoms with van der Waals surface area (Å²) in [6.07, 6.45) is -4.19. The van der Waals surface area contributed by atoms with Crippen LogP contribution in [0.1, 0.15) is 51.7 Å². The average Bonchev–Trinajstić information content (AvgIpc) is 3.32. The summed E-state index contributed by atoms with van der Waals surface area (Å²) >= 11 is 0. The van der Waals surface area contributed by atoms with Gasteiger partial charge in [0.05, 0.1) is 31.9 Å². The van der Waals surface area contributed by atoms with Crippen molar-refractivity contribution in [2.45, 2.75) is 77.5 Å².